The van der Waals surface area contributed by atoms with Gasteiger partial charge in [-0.05, 0) is 74.2 Å². The molecule has 39 heavy (non-hydrogen) atoms. The predicted molar refractivity (Wildman–Crippen MR) is 162 cm³/mol. The van der Waals surface area contributed by atoms with Gasteiger partial charge in [0.15, 0.2) is 0 Å². The molecule has 0 aliphatic rings. The van der Waals surface area contributed by atoms with Gasteiger partial charge >= 0.3 is 0 Å². The minimum atomic E-state index is -1.93. The maximum Gasteiger partial charge on any atom is 0.280 e. The first kappa shape index (κ1) is 28.5. The van der Waals surface area contributed by atoms with Crippen LogP contribution in [-0.4, -0.2) is 46.5 Å². The summed E-state index contributed by atoms with van der Waals surface area (Å²) in [5.74, 6) is 3.24. The van der Waals surface area contributed by atoms with Crippen LogP contribution in [0.5, 0.6) is 23.0 Å². The van der Waals surface area contributed by atoms with Crippen LogP contribution in [-0.2, 0) is 4.12 Å². The standard InChI is InChI=1S/C32H36O5Si2/c1-21-13-9-17-25(33-5)29(21)38(30-22(2)14-10-18-26(30)34-6)37-39(31-23(3)15-11-19-27(31)35-7)32-24(4)16-12-20-28(32)36-8/h9-20H,1-8H3. The van der Waals surface area contributed by atoms with Crippen molar-refractivity contribution < 1.29 is 23.1 Å². The summed E-state index contributed by atoms with van der Waals surface area (Å²) in [6.45, 7) is 8.47. The molecular formula is C32H36O5Si2. The molecule has 4 aromatic rings. The predicted octanol–water partition coefficient (Wildman–Crippen LogP) is 3.88. The van der Waals surface area contributed by atoms with Gasteiger partial charge < -0.3 is 23.1 Å². The summed E-state index contributed by atoms with van der Waals surface area (Å²) in [6, 6.07) is 24.6. The molecule has 2 radical (unpaired) electrons. The Kier molecular flexibility index (Phi) is 9.17. The van der Waals surface area contributed by atoms with Crippen molar-refractivity contribution in [2.24, 2.45) is 0 Å². The fourth-order valence-electron chi connectivity index (χ4n) is 4.96. The number of rotatable bonds is 10. The smallest absolute Gasteiger partial charge is 0.280 e. The second-order valence-corrected chi connectivity index (χ2v) is 13.5. The SMILES string of the molecule is COc1cccc(C)c1[Si](O[Si](c1c(C)cccc1OC)c1c(C)cccc1OC)c1c(C)cccc1OC. The summed E-state index contributed by atoms with van der Waals surface area (Å²) in [4.78, 5) is 0. The van der Waals surface area contributed by atoms with Gasteiger partial charge in [-0.15, -0.1) is 0 Å². The lowest BCUT2D eigenvalue weighted by Gasteiger charge is -2.30. The first-order valence-electron chi connectivity index (χ1n) is 12.8. The maximum atomic E-state index is 7.57. The Morgan fingerprint density at radius 1 is 0.385 bits per heavy atom. The normalized spacial score (nSPS) is 11.1. The van der Waals surface area contributed by atoms with Crippen molar-refractivity contribution in [1.82, 2.24) is 0 Å². The molecule has 5 nitrogen and oxygen atoms in total. The van der Waals surface area contributed by atoms with E-state index in [1.54, 1.807) is 28.4 Å². The van der Waals surface area contributed by atoms with E-state index in [1.807, 2.05) is 48.5 Å². The largest absolute Gasteiger partial charge is 0.497 e. The minimum absolute atomic E-state index is 0.809. The Hall–Kier alpha value is -3.53. The highest BCUT2D eigenvalue weighted by Crippen LogP contribution is 2.22. The van der Waals surface area contributed by atoms with E-state index >= 15 is 0 Å². The lowest BCUT2D eigenvalue weighted by atomic mass is 10.2. The Balaban J connectivity index is 2.08. The van der Waals surface area contributed by atoms with Gasteiger partial charge in [-0.25, -0.2) is 0 Å². The van der Waals surface area contributed by atoms with Crippen molar-refractivity contribution in [3.8, 4) is 23.0 Å². The number of benzene rings is 4. The van der Waals surface area contributed by atoms with E-state index in [4.69, 9.17) is 23.1 Å². The van der Waals surface area contributed by atoms with Crippen LogP contribution in [0.1, 0.15) is 22.3 Å². The van der Waals surface area contributed by atoms with E-state index in [-0.39, 0.29) is 0 Å². The molecule has 0 saturated carbocycles. The first-order chi connectivity index (χ1) is 18.9. The van der Waals surface area contributed by atoms with Crippen molar-refractivity contribution in [1.29, 1.82) is 0 Å². The minimum Gasteiger partial charge on any atom is -0.497 e. The number of methoxy groups -OCH3 is 4. The van der Waals surface area contributed by atoms with Crippen LogP contribution in [0, 0.1) is 27.7 Å². The summed E-state index contributed by atoms with van der Waals surface area (Å²) in [5, 5.41) is 4.28. The van der Waals surface area contributed by atoms with E-state index in [2.05, 4.69) is 52.0 Å². The number of aryl methyl sites for hydroxylation is 4. The fourth-order valence-corrected chi connectivity index (χ4v) is 11.3. The van der Waals surface area contributed by atoms with Gasteiger partial charge in [0.1, 0.15) is 23.0 Å². The quantitative estimate of drug-likeness (QED) is 0.278. The molecule has 0 heterocycles. The summed E-state index contributed by atoms with van der Waals surface area (Å²) in [6.07, 6.45) is 0. The van der Waals surface area contributed by atoms with E-state index in [0.29, 0.717) is 0 Å². The van der Waals surface area contributed by atoms with Crippen LogP contribution in [0.15, 0.2) is 72.8 Å². The van der Waals surface area contributed by atoms with Crippen LogP contribution in [0.25, 0.3) is 0 Å². The Labute approximate surface area is 235 Å². The van der Waals surface area contributed by atoms with Gasteiger partial charge in [0.2, 0.25) is 0 Å². The molecule has 0 aliphatic carbocycles. The molecule has 0 unspecified atom stereocenters. The molecule has 0 spiro atoms. The van der Waals surface area contributed by atoms with Crippen molar-refractivity contribution in [3.63, 3.8) is 0 Å². The second-order valence-electron chi connectivity index (χ2n) is 9.37. The number of hydrogen-bond donors (Lipinski definition) is 0. The third-order valence-electron chi connectivity index (χ3n) is 6.93. The third-order valence-corrected chi connectivity index (χ3v) is 12.9. The summed E-state index contributed by atoms with van der Waals surface area (Å²) in [5.41, 5.74) is 4.46. The Morgan fingerprint density at radius 3 is 0.821 bits per heavy atom. The molecule has 0 N–H and O–H groups in total. The number of ether oxygens (including phenoxy) is 4. The Bertz CT molecular complexity index is 1240. The van der Waals surface area contributed by atoms with Gasteiger partial charge in [-0.1, -0.05) is 48.5 Å². The first-order valence-corrected chi connectivity index (χ1v) is 15.7. The third kappa shape index (κ3) is 5.61. The van der Waals surface area contributed by atoms with Crippen molar-refractivity contribution in [3.05, 3.63) is 95.1 Å². The van der Waals surface area contributed by atoms with E-state index in [1.165, 1.54) is 0 Å². The molecule has 0 aromatic heterocycles. The van der Waals surface area contributed by atoms with Crippen molar-refractivity contribution in [2.75, 3.05) is 28.4 Å². The highest BCUT2D eigenvalue weighted by Gasteiger charge is 2.37. The fraction of sp³-hybridized carbons (Fsp3) is 0.250. The molecular weight excluding hydrogens is 521 g/mol. The van der Waals surface area contributed by atoms with E-state index in [9.17, 15) is 0 Å². The molecule has 4 aromatic carbocycles. The molecule has 0 aliphatic heterocycles. The maximum absolute atomic E-state index is 7.57. The lowest BCUT2D eigenvalue weighted by molar-refractivity contribution is 0.413. The zero-order valence-corrected chi connectivity index (χ0v) is 26.0. The molecule has 0 amide bonds. The van der Waals surface area contributed by atoms with E-state index < -0.39 is 18.1 Å². The molecule has 0 bridgehead atoms. The zero-order valence-electron chi connectivity index (χ0n) is 24.0. The van der Waals surface area contributed by atoms with Crippen LogP contribution < -0.4 is 39.7 Å². The molecule has 0 atom stereocenters. The summed E-state index contributed by atoms with van der Waals surface area (Å²) >= 11 is 0. The molecule has 7 heteroatoms. The van der Waals surface area contributed by atoms with Gasteiger partial charge in [0.05, 0.1) is 28.4 Å². The second kappa shape index (κ2) is 12.6. The van der Waals surface area contributed by atoms with Gasteiger partial charge in [0, 0.05) is 20.7 Å². The van der Waals surface area contributed by atoms with Crippen LogP contribution in [0.3, 0.4) is 0 Å². The van der Waals surface area contributed by atoms with Crippen LogP contribution in [0.2, 0.25) is 0 Å². The Morgan fingerprint density at radius 2 is 0.615 bits per heavy atom. The summed E-state index contributed by atoms with van der Waals surface area (Å²) < 4.78 is 31.3. The van der Waals surface area contributed by atoms with Crippen molar-refractivity contribution in [2.45, 2.75) is 27.7 Å². The zero-order chi connectivity index (χ0) is 28.1. The molecule has 202 valence electrons. The molecule has 0 fully saturated rings. The van der Waals surface area contributed by atoms with Gasteiger partial charge in [0.25, 0.3) is 18.1 Å². The topological polar surface area (TPSA) is 46.2 Å². The lowest BCUT2D eigenvalue weighted by Crippen LogP contribution is -2.58. The molecule has 4 rings (SSSR count). The van der Waals surface area contributed by atoms with Gasteiger partial charge in [-0.2, -0.15) is 0 Å². The monoisotopic (exact) mass is 556 g/mol. The van der Waals surface area contributed by atoms with Crippen LogP contribution in [0.4, 0.5) is 0 Å². The van der Waals surface area contributed by atoms with Gasteiger partial charge in [-0.3, -0.25) is 0 Å². The highest BCUT2D eigenvalue weighted by molar-refractivity contribution is 6.93. The molecule has 0 saturated heterocycles. The summed E-state index contributed by atoms with van der Waals surface area (Å²) in [7, 11) is 2.99. The highest BCUT2D eigenvalue weighted by atomic mass is 28.4. The van der Waals surface area contributed by atoms with Crippen LogP contribution >= 0.6 is 0 Å². The van der Waals surface area contributed by atoms with E-state index in [0.717, 1.165) is 66.0 Å². The average molecular weight is 557 g/mol. The van der Waals surface area contributed by atoms with Crippen molar-refractivity contribution >= 4 is 38.8 Å². The number of hydrogen-bond acceptors (Lipinski definition) is 5. The average Bonchev–Trinajstić information content (AvgIpc) is 2.94.